The number of carbonyl (C=O) groups is 2. The summed E-state index contributed by atoms with van der Waals surface area (Å²) in [4.78, 5) is 29.9. The third-order valence-corrected chi connectivity index (χ3v) is 6.35. The molecule has 0 bridgehead atoms. The number of benzene rings is 2. The quantitative estimate of drug-likeness (QED) is 0.740. The lowest BCUT2D eigenvalue weighted by Gasteiger charge is -2.34. The lowest BCUT2D eigenvalue weighted by molar-refractivity contribution is 0.0150. The van der Waals surface area contributed by atoms with Crippen LogP contribution in [-0.4, -0.2) is 81.8 Å². The third-order valence-electron chi connectivity index (χ3n) is 6.35. The van der Waals surface area contributed by atoms with Gasteiger partial charge in [0.15, 0.2) is 0 Å². The third kappa shape index (κ3) is 6.07. The van der Waals surface area contributed by atoms with Gasteiger partial charge in [0.25, 0.3) is 11.8 Å². The molecule has 8 heteroatoms. The summed E-state index contributed by atoms with van der Waals surface area (Å²) in [5, 5.41) is 2.88. The number of fused-ring (bicyclic) bond motifs is 1. The first-order valence-electron chi connectivity index (χ1n) is 11.4. The lowest BCUT2D eigenvalue weighted by atomic mass is 10.0. The maximum absolute atomic E-state index is 13.3. The average Bonchev–Trinajstić information content (AvgIpc) is 2.84. The Labute approximate surface area is 201 Å². The fourth-order valence-electron chi connectivity index (χ4n) is 4.00. The Morgan fingerprint density at radius 2 is 1.85 bits per heavy atom. The maximum atomic E-state index is 13.3. The van der Waals surface area contributed by atoms with Gasteiger partial charge < -0.3 is 24.4 Å². The van der Waals surface area contributed by atoms with Crippen LogP contribution in [0.5, 0.6) is 11.5 Å². The molecule has 0 aliphatic carbocycles. The van der Waals surface area contributed by atoms with Crippen LogP contribution in [0.2, 0.25) is 0 Å². The molecule has 2 aromatic rings. The van der Waals surface area contributed by atoms with Crippen molar-refractivity contribution >= 4 is 17.5 Å². The van der Waals surface area contributed by atoms with Crippen molar-refractivity contribution in [2.24, 2.45) is 5.92 Å². The van der Waals surface area contributed by atoms with E-state index in [9.17, 15) is 9.59 Å². The number of hydrogen-bond donors (Lipinski definition) is 1. The van der Waals surface area contributed by atoms with Crippen LogP contribution in [0.25, 0.3) is 0 Å². The highest BCUT2D eigenvalue weighted by Crippen LogP contribution is 2.27. The van der Waals surface area contributed by atoms with E-state index in [1.807, 2.05) is 0 Å². The van der Waals surface area contributed by atoms with Crippen LogP contribution in [0.3, 0.4) is 0 Å². The number of amides is 2. The highest BCUT2D eigenvalue weighted by atomic mass is 16.5. The van der Waals surface area contributed by atoms with E-state index in [1.54, 1.807) is 68.6 Å². The second-order valence-corrected chi connectivity index (χ2v) is 8.93. The summed E-state index contributed by atoms with van der Waals surface area (Å²) < 4.78 is 17.0. The molecule has 34 heavy (non-hydrogen) atoms. The molecule has 0 saturated heterocycles. The molecular formula is C26H35N3O5. The fraction of sp³-hybridized carbons (Fsp3) is 0.462. The second kappa shape index (κ2) is 11.4. The minimum Gasteiger partial charge on any atom is -0.497 e. The van der Waals surface area contributed by atoms with Gasteiger partial charge in [0.2, 0.25) is 0 Å². The van der Waals surface area contributed by atoms with Crippen molar-refractivity contribution in [1.82, 2.24) is 9.80 Å². The van der Waals surface area contributed by atoms with E-state index < -0.39 is 0 Å². The molecule has 184 valence electrons. The first-order valence-corrected chi connectivity index (χ1v) is 11.4. The first-order chi connectivity index (χ1) is 16.2. The van der Waals surface area contributed by atoms with Crippen LogP contribution in [0, 0.1) is 5.92 Å². The minimum atomic E-state index is -0.277. The number of hydrogen-bond acceptors (Lipinski definition) is 6. The van der Waals surface area contributed by atoms with Crippen LogP contribution in [-0.2, 0) is 4.74 Å². The molecule has 0 saturated carbocycles. The predicted octanol–water partition coefficient (Wildman–Crippen LogP) is 3.38. The van der Waals surface area contributed by atoms with Gasteiger partial charge in [-0.25, -0.2) is 0 Å². The summed E-state index contributed by atoms with van der Waals surface area (Å²) in [6, 6.07) is 12.2. The summed E-state index contributed by atoms with van der Waals surface area (Å²) in [7, 11) is 7.06. The smallest absolute Gasteiger partial charge is 0.257 e. The van der Waals surface area contributed by atoms with E-state index >= 15 is 0 Å². The highest BCUT2D eigenvalue weighted by molar-refractivity contribution is 6.05. The molecule has 1 aliphatic rings. The predicted molar refractivity (Wildman–Crippen MR) is 132 cm³/mol. The standard InChI is InChI=1S/C26H35N3O5/c1-17-14-28(3)18(2)16-34-23-13-20(27-25(30)19-8-7-9-21(12-19)32-5)10-11-22(23)26(31)29(4)15-24(17)33-6/h7-13,17-18,24H,14-16H2,1-6H3,(H,27,30)/t17-,18+,24-/m1/s1. The van der Waals surface area contributed by atoms with Crippen LogP contribution < -0.4 is 14.8 Å². The van der Waals surface area contributed by atoms with Crippen LogP contribution >= 0.6 is 0 Å². The molecule has 0 fully saturated rings. The molecule has 3 rings (SSSR count). The van der Waals surface area contributed by atoms with Crippen LogP contribution in [0.4, 0.5) is 5.69 Å². The van der Waals surface area contributed by atoms with Gasteiger partial charge in [-0.3, -0.25) is 14.5 Å². The summed E-state index contributed by atoms with van der Waals surface area (Å²) in [5.74, 6) is 0.838. The topological polar surface area (TPSA) is 80.3 Å². The molecule has 1 N–H and O–H groups in total. The number of carbonyl (C=O) groups excluding carboxylic acids is 2. The Morgan fingerprint density at radius 3 is 2.56 bits per heavy atom. The molecule has 2 amide bonds. The summed E-state index contributed by atoms with van der Waals surface area (Å²) in [6.07, 6.45) is -0.0891. The van der Waals surface area contributed by atoms with Gasteiger partial charge >= 0.3 is 0 Å². The zero-order valence-corrected chi connectivity index (χ0v) is 20.8. The largest absolute Gasteiger partial charge is 0.497 e. The number of rotatable bonds is 4. The number of likely N-dealkylation sites (N-methyl/N-ethyl adjacent to an activating group) is 2. The number of nitrogens with zero attached hydrogens (tertiary/aromatic N) is 2. The van der Waals surface area contributed by atoms with Crippen molar-refractivity contribution in [3.05, 3.63) is 53.6 Å². The molecule has 0 unspecified atom stereocenters. The first kappa shape index (κ1) is 25.5. The molecule has 2 aromatic carbocycles. The molecule has 1 aliphatic heterocycles. The molecular weight excluding hydrogens is 434 g/mol. The van der Waals surface area contributed by atoms with Crippen molar-refractivity contribution in [2.45, 2.75) is 26.0 Å². The molecule has 1 heterocycles. The zero-order chi connectivity index (χ0) is 24.8. The number of anilines is 1. The summed E-state index contributed by atoms with van der Waals surface area (Å²) >= 11 is 0. The van der Waals surface area contributed by atoms with Crippen LogP contribution in [0.1, 0.15) is 34.6 Å². The van der Waals surface area contributed by atoms with E-state index in [1.165, 1.54) is 0 Å². The monoisotopic (exact) mass is 469 g/mol. The van der Waals surface area contributed by atoms with Crippen LogP contribution in [0.15, 0.2) is 42.5 Å². The Bertz CT molecular complexity index is 1010. The normalized spacial score (nSPS) is 22.1. The molecule has 0 aromatic heterocycles. The molecule has 8 nitrogen and oxygen atoms in total. The molecule has 0 spiro atoms. The van der Waals surface area contributed by atoms with Crippen molar-refractivity contribution < 1.29 is 23.8 Å². The van der Waals surface area contributed by atoms with E-state index in [0.29, 0.717) is 41.5 Å². The van der Waals surface area contributed by atoms with Crippen molar-refractivity contribution in [3.8, 4) is 11.5 Å². The Balaban J connectivity index is 1.89. The van der Waals surface area contributed by atoms with Crippen molar-refractivity contribution in [1.29, 1.82) is 0 Å². The zero-order valence-electron chi connectivity index (χ0n) is 20.8. The van der Waals surface area contributed by atoms with E-state index in [-0.39, 0.29) is 29.9 Å². The molecule has 0 radical (unpaired) electrons. The van der Waals surface area contributed by atoms with Crippen molar-refractivity contribution in [2.75, 3.05) is 53.3 Å². The lowest BCUT2D eigenvalue weighted by Crippen LogP contribution is -2.45. The Kier molecular flexibility index (Phi) is 8.52. The summed E-state index contributed by atoms with van der Waals surface area (Å²) in [6.45, 7) is 5.90. The van der Waals surface area contributed by atoms with E-state index in [2.05, 4.69) is 31.1 Å². The minimum absolute atomic E-state index is 0.0891. The van der Waals surface area contributed by atoms with Gasteiger partial charge in [0.05, 0.1) is 18.8 Å². The van der Waals surface area contributed by atoms with Gasteiger partial charge in [0, 0.05) is 50.6 Å². The van der Waals surface area contributed by atoms with Gasteiger partial charge in [-0.15, -0.1) is 0 Å². The van der Waals surface area contributed by atoms with E-state index in [4.69, 9.17) is 14.2 Å². The van der Waals surface area contributed by atoms with Crippen molar-refractivity contribution in [3.63, 3.8) is 0 Å². The second-order valence-electron chi connectivity index (χ2n) is 8.93. The molecule has 3 atom stereocenters. The highest BCUT2D eigenvalue weighted by Gasteiger charge is 2.27. The fourth-order valence-corrected chi connectivity index (χ4v) is 4.00. The van der Waals surface area contributed by atoms with Gasteiger partial charge in [-0.05, 0) is 50.2 Å². The van der Waals surface area contributed by atoms with Gasteiger partial charge in [-0.1, -0.05) is 13.0 Å². The maximum Gasteiger partial charge on any atom is 0.257 e. The van der Waals surface area contributed by atoms with Gasteiger partial charge in [-0.2, -0.15) is 0 Å². The SMILES string of the molecule is COc1cccc(C(=O)Nc2ccc3c(c2)OC[C@H](C)N(C)C[C@@H](C)[C@H](OC)CN(C)C3=O)c1. The average molecular weight is 470 g/mol. The van der Waals surface area contributed by atoms with E-state index in [0.717, 1.165) is 6.54 Å². The van der Waals surface area contributed by atoms with Gasteiger partial charge in [0.1, 0.15) is 18.1 Å². The Morgan fingerprint density at radius 1 is 1.09 bits per heavy atom. The number of nitrogens with one attached hydrogen (secondary N) is 1. The number of ether oxygens (including phenoxy) is 3. The Hall–Kier alpha value is -3.10. The summed E-state index contributed by atoms with van der Waals surface area (Å²) in [5.41, 5.74) is 1.46. The number of methoxy groups -OCH3 is 2.